The number of urea groups is 1. The van der Waals surface area contributed by atoms with E-state index in [0.29, 0.717) is 38.0 Å². The lowest BCUT2D eigenvalue weighted by Crippen LogP contribution is -2.51. The normalized spacial score (nSPS) is 15.7. The van der Waals surface area contributed by atoms with E-state index < -0.39 is 0 Å². The minimum absolute atomic E-state index is 0.00134. The lowest BCUT2D eigenvalue weighted by atomic mass is 10.3. The van der Waals surface area contributed by atoms with Gasteiger partial charge < -0.3 is 20.9 Å². The molecule has 0 atom stereocenters. The third-order valence-electron chi connectivity index (χ3n) is 3.44. The molecule has 1 aliphatic heterocycles. The van der Waals surface area contributed by atoms with Crippen molar-refractivity contribution < 1.29 is 4.79 Å². The third kappa shape index (κ3) is 4.17. The Bertz CT molecular complexity index is 513. The zero-order chi connectivity index (χ0) is 16.1. The summed E-state index contributed by atoms with van der Waals surface area (Å²) < 4.78 is 0. The van der Waals surface area contributed by atoms with E-state index in [1.54, 1.807) is 4.90 Å². The van der Waals surface area contributed by atoms with Crippen LogP contribution in [0.4, 0.5) is 16.7 Å². The number of piperazine rings is 1. The van der Waals surface area contributed by atoms with E-state index in [1.807, 2.05) is 25.9 Å². The molecule has 0 saturated carbocycles. The number of carbonyl (C=O) groups is 1. The molecule has 0 spiro atoms. The summed E-state index contributed by atoms with van der Waals surface area (Å²) in [4.78, 5) is 30.3. The van der Waals surface area contributed by atoms with Gasteiger partial charge in [0.1, 0.15) is 5.82 Å². The highest BCUT2D eigenvalue weighted by Crippen LogP contribution is 2.10. The second-order valence-electron chi connectivity index (χ2n) is 5.40. The first kappa shape index (κ1) is 16.2. The van der Waals surface area contributed by atoms with Crippen molar-refractivity contribution in [1.29, 1.82) is 0 Å². The van der Waals surface area contributed by atoms with Crippen LogP contribution >= 0.6 is 0 Å². The van der Waals surface area contributed by atoms with Gasteiger partial charge in [-0.1, -0.05) is 0 Å². The molecule has 0 radical (unpaired) electrons. The fraction of sp³-hybridized carbons (Fsp3) is 0.692. The van der Waals surface area contributed by atoms with E-state index in [2.05, 4.69) is 25.2 Å². The molecule has 9 nitrogen and oxygen atoms in total. The number of amides is 2. The highest BCUT2D eigenvalue weighted by Gasteiger charge is 2.21. The van der Waals surface area contributed by atoms with Gasteiger partial charge in [0.05, 0.1) is 6.54 Å². The summed E-state index contributed by atoms with van der Waals surface area (Å²) in [6.45, 7) is 6.16. The average molecular weight is 308 g/mol. The van der Waals surface area contributed by atoms with Gasteiger partial charge in [-0.15, -0.1) is 0 Å². The van der Waals surface area contributed by atoms with Gasteiger partial charge in [0, 0.05) is 46.8 Å². The van der Waals surface area contributed by atoms with E-state index in [-0.39, 0.29) is 12.0 Å². The molecule has 2 heterocycles. The standard InChI is InChI=1S/C13H24N8O/c1-4-15-13(22)21-7-5-20(6-8-21)9-10-16-11(14)18-12(17-10)19(2)3/h4-9H2,1-3H3,(H,15,22)(H2,14,16,17,18). The summed E-state index contributed by atoms with van der Waals surface area (Å²) in [6.07, 6.45) is 0. The van der Waals surface area contributed by atoms with Crippen LogP contribution in [0, 0.1) is 0 Å². The highest BCUT2D eigenvalue weighted by molar-refractivity contribution is 5.74. The minimum atomic E-state index is 0.00134. The quantitative estimate of drug-likeness (QED) is 0.763. The topological polar surface area (TPSA) is 104 Å². The van der Waals surface area contributed by atoms with E-state index in [1.165, 1.54) is 0 Å². The van der Waals surface area contributed by atoms with Gasteiger partial charge in [-0.3, -0.25) is 4.90 Å². The molecule has 0 unspecified atom stereocenters. The van der Waals surface area contributed by atoms with E-state index in [0.717, 1.165) is 13.1 Å². The Morgan fingerprint density at radius 3 is 2.50 bits per heavy atom. The van der Waals surface area contributed by atoms with Crippen LogP contribution < -0.4 is 16.0 Å². The molecule has 1 fully saturated rings. The van der Waals surface area contributed by atoms with E-state index >= 15 is 0 Å². The maximum absolute atomic E-state index is 11.8. The second kappa shape index (κ2) is 7.21. The van der Waals surface area contributed by atoms with Crippen molar-refractivity contribution in [2.24, 2.45) is 0 Å². The number of carbonyl (C=O) groups excluding carboxylic acids is 1. The number of anilines is 2. The van der Waals surface area contributed by atoms with E-state index in [4.69, 9.17) is 5.73 Å². The molecule has 1 aromatic heterocycles. The number of hydrogen-bond acceptors (Lipinski definition) is 7. The molecular weight excluding hydrogens is 284 g/mol. The first-order valence-electron chi connectivity index (χ1n) is 7.42. The summed E-state index contributed by atoms with van der Waals surface area (Å²) in [6, 6.07) is 0.00134. The summed E-state index contributed by atoms with van der Waals surface area (Å²) in [7, 11) is 3.73. The van der Waals surface area contributed by atoms with Crippen LogP contribution in [0.5, 0.6) is 0 Å². The van der Waals surface area contributed by atoms with Crippen molar-refractivity contribution in [2.75, 3.05) is 57.5 Å². The second-order valence-corrected chi connectivity index (χ2v) is 5.40. The van der Waals surface area contributed by atoms with Crippen LogP contribution in [-0.2, 0) is 6.54 Å². The summed E-state index contributed by atoms with van der Waals surface area (Å²) in [5.74, 6) is 1.45. The zero-order valence-corrected chi connectivity index (χ0v) is 13.4. The molecule has 1 saturated heterocycles. The van der Waals surface area contributed by atoms with Crippen LogP contribution in [-0.4, -0.2) is 77.6 Å². The number of rotatable bonds is 4. The number of aromatic nitrogens is 3. The molecule has 1 aromatic rings. The summed E-state index contributed by atoms with van der Waals surface area (Å²) in [5, 5.41) is 2.82. The van der Waals surface area contributed by atoms with Crippen molar-refractivity contribution in [2.45, 2.75) is 13.5 Å². The number of nitrogens with one attached hydrogen (secondary N) is 1. The lowest BCUT2D eigenvalue weighted by Gasteiger charge is -2.34. The maximum Gasteiger partial charge on any atom is 0.317 e. The molecule has 9 heteroatoms. The van der Waals surface area contributed by atoms with Gasteiger partial charge in [-0.2, -0.15) is 15.0 Å². The first-order chi connectivity index (χ1) is 10.5. The average Bonchev–Trinajstić information content (AvgIpc) is 2.47. The number of nitrogen functional groups attached to an aromatic ring is 1. The zero-order valence-electron chi connectivity index (χ0n) is 13.4. The monoisotopic (exact) mass is 308 g/mol. The fourth-order valence-corrected chi connectivity index (χ4v) is 2.27. The number of nitrogens with zero attached hydrogens (tertiary/aromatic N) is 6. The highest BCUT2D eigenvalue weighted by atomic mass is 16.2. The fourth-order valence-electron chi connectivity index (χ4n) is 2.27. The Labute approximate surface area is 130 Å². The summed E-state index contributed by atoms with van der Waals surface area (Å²) in [5.41, 5.74) is 5.73. The molecule has 0 bridgehead atoms. The minimum Gasteiger partial charge on any atom is -0.368 e. The number of hydrogen-bond donors (Lipinski definition) is 2. The molecule has 0 aromatic carbocycles. The van der Waals surface area contributed by atoms with Gasteiger partial charge >= 0.3 is 6.03 Å². The van der Waals surface area contributed by atoms with Crippen molar-refractivity contribution in [3.05, 3.63) is 5.82 Å². The van der Waals surface area contributed by atoms with Gasteiger partial charge in [0.2, 0.25) is 11.9 Å². The van der Waals surface area contributed by atoms with Crippen LogP contribution in [0.25, 0.3) is 0 Å². The van der Waals surface area contributed by atoms with Crippen molar-refractivity contribution >= 4 is 17.9 Å². The van der Waals surface area contributed by atoms with Crippen LogP contribution in [0.2, 0.25) is 0 Å². The van der Waals surface area contributed by atoms with Crippen LogP contribution in [0.15, 0.2) is 0 Å². The molecule has 22 heavy (non-hydrogen) atoms. The molecule has 2 amide bonds. The van der Waals surface area contributed by atoms with Gasteiger partial charge in [-0.25, -0.2) is 4.79 Å². The molecule has 2 rings (SSSR count). The van der Waals surface area contributed by atoms with Crippen LogP contribution in [0.1, 0.15) is 12.7 Å². The Hall–Kier alpha value is -2.16. The Kier molecular flexibility index (Phi) is 5.31. The number of nitrogens with two attached hydrogens (primary N) is 1. The molecule has 3 N–H and O–H groups in total. The largest absolute Gasteiger partial charge is 0.368 e. The lowest BCUT2D eigenvalue weighted by molar-refractivity contribution is 0.134. The third-order valence-corrected chi connectivity index (χ3v) is 3.44. The molecule has 1 aliphatic rings. The predicted molar refractivity (Wildman–Crippen MR) is 84.5 cm³/mol. The Morgan fingerprint density at radius 2 is 1.91 bits per heavy atom. The maximum atomic E-state index is 11.8. The van der Waals surface area contributed by atoms with E-state index in [9.17, 15) is 4.79 Å². The van der Waals surface area contributed by atoms with Gasteiger partial charge in [-0.05, 0) is 6.92 Å². The van der Waals surface area contributed by atoms with Crippen molar-refractivity contribution in [3.8, 4) is 0 Å². The van der Waals surface area contributed by atoms with Gasteiger partial charge in [0.15, 0.2) is 0 Å². The SMILES string of the molecule is CCNC(=O)N1CCN(Cc2nc(N)nc(N(C)C)n2)CC1. The first-order valence-corrected chi connectivity index (χ1v) is 7.42. The summed E-state index contributed by atoms with van der Waals surface area (Å²) >= 11 is 0. The Balaban J connectivity index is 1.92. The smallest absolute Gasteiger partial charge is 0.317 e. The van der Waals surface area contributed by atoms with Crippen molar-refractivity contribution in [3.63, 3.8) is 0 Å². The van der Waals surface area contributed by atoms with Gasteiger partial charge in [0.25, 0.3) is 0 Å². The molecule has 122 valence electrons. The van der Waals surface area contributed by atoms with Crippen molar-refractivity contribution in [1.82, 2.24) is 30.1 Å². The molecular formula is C13H24N8O. The van der Waals surface area contributed by atoms with Crippen LogP contribution in [0.3, 0.4) is 0 Å². The Morgan fingerprint density at radius 1 is 1.23 bits per heavy atom. The molecule has 0 aliphatic carbocycles. The predicted octanol–water partition coefficient (Wildman–Crippen LogP) is -0.633.